The molecule has 2 amide bonds. The Balaban J connectivity index is 1.97. The van der Waals surface area contributed by atoms with E-state index in [0.717, 1.165) is 5.56 Å². The summed E-state index contributed by atoms with van der Waals surface area (Å²) >= 11 is 0. The minimum atomic E-state index is -0.165. The van der Waals surface area contributed by atoms with Crippen LogP contribution in [-0.2, 0) is 16.1 Å². The molecule has 0 spiro atoms. The fourth-order valence-electron chi connectivity index (χ4n) is 2.46. The van der Waals surface area contributed by atoms with Crippen molar-refractivity contribution in [3.05, 3.63) is 47.7 Å². The quantitative estimate of drug-likeness (QED) is 0.783. The summed E-state index contributed by atoms with van der Waals surface area (Å²) in [5.41, 5.74) is 1.09. The van der Waals surface area contributed by atoms with Crippen LogP contribution in [0.5, 0.6) is 0 Å². The fraction of sp³-hybridized carbons (Fsp3) is 0.389. The zero-order valence-corrected chi connectivity index (χ0v) is 14.4. The van der Waals surface area contributed by atoms with Crippen molar-refractivity contribution in [2.45, 2.75) is 33.7 Å². The Morgan fingerprint density at radius 1 is 1.21 bits per heavy atom. The van der Waals surface area contributed by atoms with Crippen LogP contribution in [-0.4, -0.2) is 35.0 Å². The molecule has 0 saturated heterocycles. The lowest BCUT2D eigenvalue weighted by molar-refractivity contribution is -0.131. The van der Waals surface area contributed by atoms with Crippen LogP contribution in [0.25, 0.3) is 0 Å². The summed E-state index contributed by atoms with van der Waals surface area (Å²) in [7, 11) is 0. The SMILES string of the molecule is CCN(Cc1ccccc1)C(=O)CCN(C(C)=O)c1cc(C)on1. The van der Waals surface area contributed by atoms with Crippen molar-refractivity contribution in [3.8, 4) is 0 Å². The number of carbonyl (C=O) groups is 2. The first-order chi connectivity index (χ1) is 11.5. The molecule has 0 fully saturated rings. The van der Waals surface area contributed by atoms with Crippen LogP contribution >= 0.6 is 0 Å². The number of benzene rings is 1. The van der Waals surface area contributed by atoms with Crippen LogP contribution in [0.15, 0.2) is 40.9 Å². The minimum Gasteiger partial charge on any atom is -0.360 e. The van der Waals surface area contributed by atoms with Gasteiger partial charge in [-0.3, -0.25) is 14.5 Å². The monoisotopic (exact) mass is 329 g/mol. The van der Waals surface area contributed by atoms with Gasteiger partial charge in [0.1, 0.15) is 5.76 Å². The van der Waals surface area contributed by atoms with Crippen molar-refractivity contribution in [1.82, 2.24) is 10.1 Å². The van der Waals surface area contributed by atoms with Gasteiger partial charge in [0.2, 0.25) is 11.8 Å². The van der Waals surface area contributed by atoms with Crippen LogP contribution < -0.4 is 4.90 Å². The summed E-state index contributed by atoms with van der Waals surface area (Å²) in [5, 5.41) is 3.85. The average Bonchev–Trinajstić information content (AvgIpc) is 2.99. The van der Waals surface area contributed by atoms with E-state index in [1.54, 1.807) is 17.9 Å². The maximum atomic E-state index is 12.5. The summed E-state index contributed by atoms with van der Waals surface area (Å²) in [6.45, 7) is 6.64. The number of amides is 2. The number of aryl methyl sites for hydroxylation is 1. The predicted octanol–water partition coefficient (Wildman–Crippen LogP) is 2.77. The van der Waals surface area contributed by atoms with E-state index in [0.29, 0.717) is 24.7 Å². The zero-order chi connectivity index (χ0) is 17.5. The molecule has 1 aromatic carbocycles. The van der Waals surface area contributed by atoms with Crippen molar-refractivity contribution in [1.29, 1.82) is 0 Å². The van der Waals surface area contributed by atoms with Gasteiger partial charge in [-0.25, -0.2) is 0 Å². The average molecular weight is 329 g/mol. The number of carbonyl (C=O) groups excluding carboxylic acids is 2. The minimum absolute atomic E-state index is 0.00724. The van der Waals surface area contributed by atoms with E-state index in [2.05, 4.69) is 5.16 Å². The van der Waals surface area contributed by atoms with Crippen molar-refractivity contribution in [3.63, 3.8) is 0 Å². The third kappa shape index (κ3) is 4.68. The van der Waals surface area contributed by atoms with Gasteiger partial charge >= 0.3 is 0 Å². The molecule has 6 nitrogen and oxygen atoms in total. The third-order valence-corrected chi connectivity index (χ3v) is 3.77. The first-order valence-electron chi connectivity index (χ1n) is 8.04. The Labute approximate surface area is 142 Å². The highest BCUT2D eigenvalue weighted by Gasteiger charge is 2.19. The number of nitrogens with zero attached hydrogens (tertiary/aromatic N) is 3. The van der Waals surface area contributed by atoms with E-state index in [1.807, 2.05) is 37.3 Å². The smallest absolute Gasteiger partial charge is 0.225 e. The molecule has 0 atom stereocenters. The van der Waals surface area contributed by atoms with E-state index < -0.39 is 0 Å². The van der Waals surface area contributed by atoms with Crippen molar-refractivity contribution in [2.75, 3.05) is 18.0 Å². The van der Waals surface area contributed by atoms with E-state index in [-0.39, 0.29) is 24.8 Å². The number of rotatable bonds is 7. The van der Waals surface area contributed by atoms with Gasteiger partial charge in [0.05, 0.1) is 0 Å². The summed E-state index contributed by atoms with van der Waals surface area (Å²) < 4.78 is 5.01. The molecule has 0 bridgehead atoms. The molecular weight excluding hydrogens is 306 g/mol. The van der Waals surface area contributed by atoms with Crippen molar-refractivity contribution in [2.24, 2.45) is 0 Å². The van der Waals surface area contributed by atoms with Gasteiger partial charge in [-0.15, -0.1) is 0 Å². The first-order valence-corrected chi connectivity index (χ1v) is 8.04. The van der Waals surface area contributed by atoms with Gasteiger partial charge in [0.15, 0.2) is 5.82 Å². The fourth-order valence-corrected chi connectivity index (χ4v) is 2.46. The second-order valence-electron chi connectivity index (χ2n) is 5.61. The van der Waals surface area contributed by atoms with Crippen LogP contribution in [0.1, 0.15) is 31.6 Å². The third-order valence-electron chi connectivity index (χ3n) is 3.77. The number of hydrogen-bond donors (Lipinski definition) is 0. The molecule has 24 heavy (non-hydrogen) atoms. The molecule has 1 heterocycles. The van der Waals surface area contributed by atoms with Gasteiger partial charge in [-0.05, 0) is 19.4 Å². The van der Waals surface area contributed by atoms with Crippen LogP contribution in [0.4, 0.5) is 5.82 Å². The maximum absolute atomic E-state index is 12.5. The molecule has 0 aliphatic rings. The van der Waals surface area contributed by atoms with Gasteiger partial charge < -0.3 is 9.42 Å². The van der Waals surface area contributed by atoms with Crippen LogP contribution in [0, 0.1) is 6.92 Å². The maximum Gasteiger partial charge on any atom is 0.225 e. The lowest BCUT2D eigenvalue weighted by Crippen LogP contribution is -2.36. The molecule has 0 N–H and O–H groups in total. The van der Waals surface area contributed by atoms with E-state index in [9.17, 15) is 9.59 Å². The second kappa shape index (κ2) is 8.29. The Hall–Kier alpha value is -2.63. The van der Waals surface area contributed by atoms with Crippen LogP contribution in [0.3, 0.4) is 0 Å². The highest BCUT2D eigenvalue weighted by Crippen LogP contribution is 2.15. The lowest BCUT2D eigenvalue weighted by atomic mass is 10.2. The molecule has 0 saturated carbocycles. The van der Waals surface area contributed by atoms with E-state index >= 15 is 0 Å². The van der Waals surface area contributed by atoms with Gasteiger partial charge in [-0.2, -0.15) is 0 Å². The number of aromatic nitrogens is 1. The summed E-state index contributed by atoms with van der Waals surface area (Å²) in [4.78, 5) is 27.5. The topological polar surface area (TPSA) is 66.7 Å². The van der Waals surface area contributed by atoms with Gasteiger partial charge in [0, 0.05) is 39.0 Å². The molecule has 2 aromatic rings. The molecule has 0 aliphatic heterocycles. The largest absolute Gasteiger partial charge is 0.360 e. The Kier molecular flexibility index (Phi) is 6.12. The standard InChI is InChI=1S/C18H23N3O3/c1-4-20(13-16-8-6-5-7-9-16)18(23)10-11-21(15(3)22)17-12-14(2)24-19-17/h5-9,12H,4,10-11,13H2,1-3H3. The molecule has 128 valence electrons. The molecule has 1 aromatic heterocycles. The van der Waals surface area contributed by atoms with E-state index in [4.69, 9.17) is 4.52 Å². The highest BCUT2D eigenvalue weighted by molar-refractivity contribution is 5.91. The summed E-state index contributed by atoms with van der Waals surface area (Å²) in [6, 6.07) is 11.5. The zero-order valence-electron chi connectivity index (χ0n) is 14.4. The normalized spacial score (nSPS) is 10.5. The number of hydrogen-bond acceptors (Lipinski definition) is 4. The highest BCUT2D eigenvalue weighted by atomic mass is 16.5. The molecule has 0 unspecified atom stereocenters. The predicted molar refractivity (Wildman–Crippen MR) is 91.4 cm³/mol. The summed E-state index contributed by atoms with van der Waals surface area (Å²) in [6.07, 6.45) is 0.242. The molecule has 0 aliphatic carbocycles. The number of anilines is 1. The molecule has 2 rings (SSSR count). The molecule has 0 radical (unpaired) electrons. The summed E-state index contributed by atoms with van der Waals surface area (Å²) in [5.74, 6) is 0.913. The second-order valence-corrected chi connectivity index (χ2v) is 5.61. The Morgan fingerprint density at radius 3 is 2.46 bits per heavy atom. The Bertz CT molecular complexity index is 682. The molecule has 6 heteroatoms. The van der Waals surface area contributed by atoms with Crippen LogP contribution in [0.2, 0.25) is 0 Å². The van der Waals surface area contributed by atoms with Gasteiger partial charge in [-0.1, -0.05) is 35.5 Å². The Morgan fingerprint density at radius 2 is 1.92 bits per heavy atom. The van der Waals surface area contributed by atoms with Crippen molar-refractivity contribution >= 4 is 17.6 Å². The van der Waals surface area contributed by atoms with Crippen molar-refractivity contribution < 1.29 is 14.1 Å². The molecular formula is C18H23N3O3. The lowest BCUT2D eigenvalue weighted by Gasteiger charge is -2.23. The van der Waals surface area contributed by atoms with E-state index in [1.165, 1.54) is 11.8 Å². The van der Waals surface area contributed by atoms with Gasteiger partial charge in [0.25, 0.3) is 0 Å². The first kappa shape index (κ1) is 17.7.